The molecule has 37 heavy (non-hydrogen) atoms. The van der Waals surface area contributed by atoms with Gasteiger partial charge in [-0.1, -0.05) is 33.4 Å². The lowest BCUT2D eigenvalue weighted by molar-refractivity contribution is 0.128. The van der Waals surface area contributed by atoms with Crippen molar-refractivity contribution in [2.24, 2.45) is 5.41 Å². The number of benzene rings is 1. The van der Waals surface area contributed by atoms with Crippen molar-refractivity contribution in [1.29, 1.82) is 0 Å². The second kappa shape index (κ2) is 9.39. The molecule has 1 N–H and O–H groups in total. The average Bonchev–Trinajstić information content (AvgIpc) is 3.43. The smallest absolute Gasteiger partial charge is 0.256 e. The molecule has 0 bridgehead atoms. The van der Waals surface area contributed by atoms with Gasteiger partial charge in [0.2, 0.25) is 5.95 Å². The molecule has 2 unspecified atom stereocenters. The summed E-state index contributed by atoms with van der Waals surface area (Å²) in [6.45, 7) is 12.9. The lowest BCUT2D eigenvalue weighted by Crippen LogP contribution is -2.48. The van der Waals surface area contributed by atoms with E-state index in [9.17, 15) is 8.78 Å². The van der Waals surface area contributed by atoms with Crippen molar-refractivity contribution >= 4 is 22.5 Å². The first-order valence-corrected chi connectivity index (χ1v) is 12.5. The zero-order chi connectivity index (χ0) is 26.5. The van der Waals surface area contributed by atoms with Gasteiger partial charge in [-0.2, -0.15) is 0 Å². The lowest BCUT2D eigenvalue weighted by Gasteiger charge is -2.41. The highest BCUT2D eigenvalue weighted by molar-refractivity contribution is 5.88. The van der Waals surface area contributed by atoms with Crippen LogP contribution < -0.4 is 5.32 Å². The maximum Gasteiger partial charge on any atom is 0.256 e. The van der Waals surface area contributed by atoms with Crippen molar-refractivity contribution in [2.75, 3.05) is 18.4 Å². The van der Waals surface area contributed by atoms with Crippen LogP contribution in [0.3, 0.4) is 0 Å². The molecule has 0 spiro atoms. The Morgan fingerprint density at radius 3 is 2.73 bits per heavy atom. The van der Waals surface area contributed by atoms with E-state index in [1.807, 2.05) is 42.3 Å². The minimum Gasteiger partial charge on any atom is -0.372 e. The second-order valence-electron chi connectivity index (χ2n) is 10.7. The van der Waals surface area contributed by atoms with Gasteiger partial charge in [-0.25, -0.2) is 27.7 Å². The minimum atomic E-state index is -2.47. The summed E-state index contributed by atoms with van der Waals surface area (Å²) in [5.74, 6) is 0.369. The van der Waals surface area contributed by atoms with Gasteiger partial charge in [-0.05, 0) is 37.1 Å². The van der Waals surface area contributed by atoms with E-state index in [2.05, 4.69) is 47.7 Å². The second-order valence-corrected chi connectivity index (χ2v) is 10.7. The van der Waals surface area contributed by atoms with E-state index in [4.69, 9.17) is 0 Å². The van der Waals surface area contributed by atoms with Crippen LogP contribution in [0.5, 0.6) is 0 Å². The fourth-order valence-electron chi connectivity index (χ4n) is 4.97. The molecule has 3 aromatic heterocycles. The Morgan fingerprint density at radius 2 is 2.03 bits per heavy atom. The van der Waals surface area contributed by atoms with Gasteiger partial charge in [0.1, 0.15) is 6.17 Å². The number of halogens is 3. The van der Waals surface area contributed by atoms with Crippen molar-refractivity contribution in [3.63, 3.8) is 0 Å². The normalized spacial score (nSPS) is 18.8. The fraction of sp³-hybridized carbons (Fsp3) is 0.444. The van der Waals surface area contributed by atoms with Crippen LogP contribution in [0.4, 0.5) is 19.1 Å². The van der Waals surface area contributed by atoms with E-state index in [-0.39, 0.29) is 12.0 Å². The van der Waals surface area contributed by atoms with Gasteiger partial charge in [0.25, 0.3) is 6.43 Å². The summed E-state index contributed by atoms with van der Waals surface area (Å²) in [5, 5.41) is 7.79. The SMILES string of the molecule is C=C(N1CCC(Nc2nc(C)c3c(-c4ccc5ncn(CC(F)F)c5c4)ccn3n2)C(F)C1)C(C)(C)C. The Morgan fingerprint density at radius 1 is 1.24 bits per heavy atom. The molecule has 1 aliphatic heterocycles. The van der Waals surface area contributed by atoms with Crippen LogP contribution >= 0.6 is 0 Å². The molecule has 5 rings (SSSR count). The van der Waals surface area contributed by atoms with Crippen LogP contribution in [0.1, 0.15) is 32.9 Å². The summed E-state index contributed by atoms with van der Waals surface area (Å²) in [6.07, 6.45) is 0.323. The van der Waals surface area contributed by atoms with E-state index < -0.39 is 25.2 Å². The third kappa shape index (κ3) is 4.89. The van der Waals surface area contributed by atoms with E-state index in [0.717, 1.165) is 28.0 Å². The molecule has 0 saturated carbocycles. The molecule has 0 aliphatic carbocycles. The molecule has 4 heterocycles. The summed E-state index contributed by atoms with van der Waals surface area (Å²) >= 11 is 0. The topological polar surface area (TPSA) is 63.3 Å². The van der Waals surface area contributed by atoms with Crippen molar-refractivity contribution < 1.29 is 13.2 Å². The summed E-state index contributed by atoms with van der Waals surface area (Å²) in [7, 11) is 0. The van der Waals surface area contributed by atoms with Gasteiger partial charge in [-0.15, -0.1) is 5.10 Å². The predicted octanol–water partition coefficient (Wildman–Crippen LogP) is 5.70. The molecule has 1 saturated heterocycles. The molecule has 4 aromatic rings. The van der Waals surface area contributed by atoms with Crippen molar-refractivity contribution in [2.45, 2.75) is 59.3 Å². The number of fused-ring (bicyclic) bond motifs is 2. The zero-order valence-electron chi connectivity index (χ0n) is 21.5. The standard InChI is InChI=1S/C27H32F3N7/c1-16-25-19(18-6-7-22-23(12-18)36(15-31-22)14-24(29)30)8-11-37(25)34-26(32-16)33-21-9-10-35(13-20(21)28)17(2)27(3,4)5/h6-8,11-12,15,20-21,24H,2,9-10,13-14H2,1,3-5H3,(H,33,34). The quantitative estimate of drug-likeness (QED) is 0.360. The van der Waals surface area contributed by atoms with Gasteiger partial charge >= 0.3 is 0 Å². The Hall–Kier alpha value is -3.56. The number of anilines is 1. The number of likely N-dealkylation sites (tertiary alicyclic amines) is 1. The van der Waals surface area contributed by atoms with Crippen LogP contribution in [0.15, 0.2) is 49.1 Å². The molecular weight excluding hydrogens is 479 g/mol. The summed E-state index contributed by atoms with van der Waals surface area (Å²) in [4.78, 5) is 10.9. The number of aromatic nitrogens is 5. The van der Waals surface area contributed by atoms with Gasteiger partial charge in [-0.3, -0.25) is 0 Å². The van der Waals surface area contributed by atoms with Crippen molar-refractivity contribution in [1.82, 2.24) is 29.0 Å². The van der Waals surface area contributed by atoms with Gasteiger partial charge in [0, 0.05) is 29.4 Å². The predicted molar refractivity (Wildman–Crippen MR) is 140 cm³/mol. The fourth-order valence-corrected chi connectivity index (χ4v) is 4.97. The molecule has 1 fully saturated rings. The third-order valence-corrected chi connectivity index (χ3v) is 7.06. The highest BCUT2D eigenvalue weighted by Crippen LogP contribution is 2.32. The Labute approximate surface area is 214 Å². The zero-order valence-corrected chi connectivity index (χ0v) is 21.5. The van der Waals surface area contributed by atoms with Crippen LogP contribution in [-0.4, -0.2) is 60.8 Å². The molecule has 0 amide bonds. The number of piperidine rings is 1. The van der Waals surface area contributed by atoms with Gasteiger partial charge in [0.15, 0.2) is 0 Å². The number of hydrogen-bond donors (Lipinski definition) is 1. The van der Waals surface area contributed by atoms with Gasteiger partial charge in [0.05, 0.1) is 47.7 Å². The molecule has 1 aromatic carbocycles. The highest BCUT2D eigenvalue weighted by atomic mass is 19.3. The number of allylic oxidation sites excluding steroid dienone is 1. The van der Waals surface area contributed by atoms with E-state index in [1.54, 1.807) is 4.52 Å². The number of rotatable bonds is 6. The van der Waals surface area contributed by atoms with Crippen molar-refractivity contribution in [3.05, 3.63) is 54.8 Å². The lowest BCUT2D eigenvalue weighted by atomic mass is 9.90. The molecule has 196 valence electrons. The monoisotopic (exact) mass is 511 g/mol. The first-order valence-electron chi connectivity index (χ1n) is 12.5. The molecular formula is C27H32F3N7. The number of aryl methyl sites for hydroxylation is 1. The maximum absolute atomic E-state index is 15.1. The molecule has 1 aliphatic rings. The van der Waals surface area contributed by atoms with Crippen LogP contribution in [-0.2, 0) is 6.54 Å². The summed E-state index contributed by atoms with van der Waals surface area (Å²) in [6, 6.07) is 7.12. The number of nitrogens with one attached hydrogen (secondary N) is 1. The average molecular weight is 512 g/mol. The van der Waals surface area contributed by atoms with Crippen molar-refractivity contribution in [3.8, 4) is 11.1 Å². The number of hydrogen-bond acceptors (Lipinski definition) is 5. The van der Waals surface area contributed by atoms with Crippen LogP contribution in [0.25, 0.3) is 27.7 Å². The van der Waals surface area contributed by atoms with Gasteiger partial charge < -0.3 is 14.8 Å². The van der Waals surface area contributed by atoms with E-state index in [1.165, 1.54) is 10.9 Å². The van der Waals surface area contributed by atoms with E-state index in [0.29, 0.717) is 29.9 Å². The first-order chi connectivity index (χ1) is 17.5. The first kappa shape index (κ1) is 25.1. The minimum absolute atomic E-state index is 0.107. The van der Waals surface area contributed by atoms with Crippen LogP contribution in [0.2, 0.25) is 0 Å². The van der Waals surface area contributed by atoms with Crippen LogP contribution in [0, 0.1) is 12.3 Å². The largest absolute Gasteiger partial charge is 0.372 e. The Balaban J connectivity index is 1.38. The number of alkyl halides is 3. The molecule has 7 nitrogen and oxygen atoms in total. The maximum atomic E-state index is 15.1. The summed E-state index contributed by atoms with van der Waals surface area (Å²) in [5.41, 5.74) is 5.41. The number of nitrogens with zero attached hydrogens (tertiary/aromatic N) is 6. The highest BCUT2D eigenvalue weighted by Gasteiger charge is 2.33. The third-order valence-electron chi connectivity index (χ3n) is 7.06. The van der Waals surface area contributed by atoms with E-state index >= 15 is 4.39 Å². The molecule has 2 atom stereocenters. The summed E-state index contributed by atoms with van der Waals surface area (Å²) < 4.78 is 44.3. The number of imidazole rings is 1. The molecule has 0 radical (unpaired) electrons. The Bertz CT molecular complexity index is 1450. The molecule has 10 heteroatoms. The Kier molecular flexibility index (Phi) is 6.37.